The highest BCUT2D eigenvalue weighted by molar-refractivity contribution is 5.80. The van der Waals surface area contributed by atoms with Crippen LogP contribution in [-0.2, 0) is 0 Å². The van der Waals surface area contributed by atoms with E-state index in [2.05, 4.69) is 22.4 Å². The van der Waals surface area contributed by atoms with E-state index < -0.39 is 5.60 Å². The lowest BCUT2D eigenvalue weighted by molar-refractivity contribution is 0.143. The fourth-order valence-electron chi connectivity index (χ4n) is 1.57. The van der Waals surface area contributed by atoms with Crippen molar-refractivity contribution in [3.05, 3.63) is 65.7 Å². The second-order valence-electron chi connectivity index (χ2n) is 5.17. The molecule has 0 radical (unpaired) electrons. The molecule has 2 aromatic carbocycles. The van der Waals surface area contributed by atoms with Crippen LogP contribution in [-0.4, -0.2) is 16.9 Å². The van der Waals surface area contributed by atoms with Crippen LogP contribution in [0.2, 0.25) is 0 Å². The average molecular weight is 278 g/mol. The van der Waals surface area contributed by atoms with E-state index in [1.165, 1.54) is 0 Å². The fraction of sp³-hybridized carbons (Fsp3) is 0.167. The van der Waals surface area contributed by atoms with Crippen molar-refractivity contribution in [2.24, 2.45) is 5.10 Å². The molecule has 0 spiro atoms. The van der Waals surface area contributed by atoms with Crippen LogP contribution in [0.25, 0.3) is 0 Å². The van der Waals surface area contributed by atoms with Crippen LogP contribution >= 0.6 is 0 Å². The van der Waals surface area contributed by atoms with Gasteiger partial charge in [0.05, 0.1) is 11.9 Å². The third-order valence-corrected chi connectivity index (χ3v) is 2.60. The predicted molar refractivity (Wildman–Crippen MR) is 87.3 cm³/mol. The van der Waals surface area contributed by atoms with E-state index in [9.17, 15) is 5.11 Å². The van der Waals surface area contributed by atoms with Crippen LogP contribution in [0.15, 0.2) is 59.7 Å². The monoisotopic (exact) mass is 278 g/mol. The molecule has 0 heterocycles. The number of nitrogens with zero attached hydrogens (tertiary/aromatic N) is 1. The van der Waals surface area contributed by atoms with E-state index in [0.29, 0.717) is 0 Å². The molecule has 2 rings (SSSR count). The van der Waals surface area contributed by atoms with Crippen molar-refractivity contribution in [2.45, 2.75) is 19.4 Å². The van der Waals surface area contributed by atoms with Gasteiger partial charge in [-0.1, -0.05) is 42.2 Å². The van der Waals surface area contributed by atoms with Gasteiger partial charge in [-0.25, -0.2) is 0 Å². The van der Waals surface area contributed by atoms with Gasteiger partial charge in [-0.05, 0) is 43.7 Å². The van der Waals surface area contributed by atoms with Gasteiger partial charge >= 0.3 is 0 Å². The summed E-state index contributed by atoms with van der Waals surface area (Å²) in [6.07, 6.45) is 1.75. The summed E-state index contributed by atoms with van der Waals surface area (Å²) in [5.41, 5.74) is 4.78. The highest BCUT2D eigenvalue weighted by Crippen LogP contribution is 2.06. The second-order valence-corrected chi connectivity index (χ2v) is 5.17. The van der Waals surface area contributed by atoms with Gasteiger partial charge in [-0.15, -0.1) is 0 Å². The average Bonchev–Trinajstić information content (AvgIpc) is 2.47. The maximum Gasteiger partial charge on any atom is 0.120 e. The van der Waals surface area contributed by atoms with Crippen molar-refractivity contribution in [1.82, 2.24) is 0 Å². The number of rotatable bonds is 3. The zero-order valence-electron chi connectivity index (χ0n) is 12.2. The number of hydrogen-bond donors (Lipinski definition) is 2. The van der Waals surface area contributed by atoms with Gasteiger partial charge in [0.15, 0.2) is 0 Å². The Balaban J connectivity index is 1.97. The SMILES string of the molecule is CC(C)(O)C#Cc1ccc(/C=N/Nc2ccccc2)cc1. The summed E-state index contributed by atoms with van der Waals surface area (Å²) >= 11 is 0. The molecule has 0 aliphatic rings. The molecular weight excluding hydrogens is 260 g/mol. The first-order chi connectivity index (χ1) is 10.0. The number of hydrazone groups is 1. The third kappa shape index (κ3) is 5.52. The van der Waals surface area contributed by atoms with E-state index >= 15 is 0 Å². The molecule has 0 bridgehead atoms. The zero-order valence-corrected chi connectivity index (χ0v) is 12.2. The molecule has 0 aromatic heterocycles. The van der Waals surface area contributed by atoms with E-state index in [1.54, 1.807) is 20.1 Å². The largest absolute Gasteiger partial charge is 0.378 e. The standard InChI is InChI=1S/C18H18N2O/c1-18(2,21)13-12-15-8-10-16(11-9-15)14-19-20-17-6-4-3-5-7-17/h3-11,14,20-21H,1-2H3/b19-14+. The first-order valence-corrected chi connectivity index (χ1v) is 6.73. The molecule has 0 unspecified atom stereocenters. The lowest BCUT2D eigenvalue weighted by atomic mass is 10.1. The number of aliphatic hydroxyl groups is 1. The van der Waals surface area contributed by atoms with Crippen molar-refractivity contribution >= 4 is 11.9 Å². The molecule has 0 aliphatic carbocycles. The van der Waals surface area contributed by atoms with Gasteiger partial charge in [-0.2, -0.15) is 5.10 Å². The topological polar surface area (TPSA) is 44.6 Å². The van der Waals surface area contributed by atoms with Crippen LogP contribution in [0.5, 0.6) is 0 Å². The highest BCUT2D eigenvalue weighted by Gasteiger charge is 2.05. The maximum atomic E-state index is 9.55. The van der Waals surface area contributed by atoms with Crippen LogP contribution in [0.1, 0.15) is 25.0 Å². The molecule has 106 valence electrons. The number of hydrogen-bond acceptors (Lipinski definition) is 3. The number of nitrogens with one attached hydrogen (secondary N) is 1. The van der Waals surface area contributed by atoms with Gasteiger partial charge < -0.3 is 5.11 Å². The smallest absolute Gasteiger partial charge is 0.120 e. The van der Waals surface area contributed by atoms with Crippen molar-refractivity contribution in [3.63, 3.8) is 0 Å². The summed E-state index contributed by atoms with van der Waals surface area (Å²) in [5.74, 6) is 5.72. The second kappa shape index (κ2) is 6.74. The van der Waals surface area contributed by atoms with Crippen molar-refractivity contribution in [3.8, 4) is 11.8 Å². The Bertz CT molecular complexity index is 656. The lowest BCUT2D eigenvalue weighted by Crippen LogP contribution is -2.14. The molecule has 0 fully saturated rings. The first-order valence-electron chi connectivity index (χ1n) is 6.73. The molecule has 0 atom stereocenters. The van der Waals surface area contributed by atoms with E-state index in [-0.39, 0.29) is 0 Å². The number of para-hydroxylation sites is 1. The number of anilines is 1. The van der Waals surface area contributed by atoms with Crippen LogP contribution < -0.4 is 5.43 Å². The number of benzene rings is 2. The predicted octanol–water partition coefficient (Wildman–Crippen LogP) is 3.26. The van der Waals surface area contributed by atoms with Crippen LogP contribution in [0.3, 0.4) is 0 Å². The lowest BCUT2D eigenvalue weighted by Gasteiger charge is -2.05. The van der Waals surface area contributed by atoms with Gasteiger partial charge in [0.2, 0.25) is 0 Å². The molecule has 21 heavy (non-hydrogen) atoms. The van der Waals surface area contributed by atoms with Gasteiger partial charge in [0, 0.05) is 5.56 Å². The Morgan fingerprint density at radius 3 is 2.33 bits per heavy atom. The van der Waals surface area contributed by atoms with Crippen molar-refractivity contribution in [2.75, 3.05) is 5.43 Å². The molecule has 3 heteroatoms. The molecule has 0 amide bonds. The third-order valence-electron chi connectivity index (χ3n) is 2.60. The van der Waals surface area contributed by atoms with E-state index in [0.717, 1.165) is 16.8 Å². The Labute approximate surface area is 125 Å². The van der Waals surface area contributed by atoms with Gasteiger partial charge in [0.1, 0.15) is 5.60 Å². The Kier molecular flexibility index (Phi) is 4.76. The molecule has 0 saturated heterocycles. The summed E-state index contributed by atoms with van der Waals surface area (Å²) in [6, 6.07) is 17.4. The summed E-state index contributed by atoms with van der Waals surface area (Å²) in [7, 11) is 0. The molecular formula is C18H18N2O. The minimum absolute atomic E-state index is 0.866. The molecule has 0 aliphatic heterocycles. The van der Waals surface area contributed by atoms with E-state index in [1.807, 2.05) is 54.6 Å². The summed E-state index contributed by atoms with van der Waals surface area (Å²) in [5, 5.41) is 13.7. The molecule has 3 nitrogen and oxygen atoms in total. The summed E-state index contributed by atoms with van der Waals surface area (Å²) < 4.78 is 0. The Morgan fingerprint density at radius 2 is 1.71 bits per heavy atom. The molecule has 2 N–H and O–H groups in total. The highest BCUT2D eigenvalue weighted by atomic mass is 16.3. The van der Waals surface area contributed by atoms with Gasteiger partial charge in [-0.3, -0.25) is 5.43 Å². The maximum absolute atomic E-state index is 9.55. The zero-order chi connectivity index (χ0) is 15.1. The van der Waals surface area contributed by atoms with E-state index in [4.69, 9.17) is 0 Å². The van der Waals surface area contributed by atoms with Crippen LogP contribution in [0.4, 0.5) is 5.69 Å². The molecule has 0 saturated carbocycles. The van der Waals surface area contributed by atoms with Gasteiger partial charge in [0.25, 0.3) is 0 Å². The quantitative estimate of drug-likeness (QED) is 0.514. The van der Waals surface area contributed by atoms with Crippen molar-refractivity contribution in [1.29, 1.82) is 0 Å². The Morgan fingerprint density at radius 1 is 1.05 bits per heavy atom. The minimum Gasteiger partial charge on any atom is -0.378 e. The minimum atomic E-state index is -0.972. The van der Waals surface area contributed by atoms with Crippen LogP contribution in [0, 0.1) is 11.8 Å². The fourth-order valence-corrected chi connectivity index (χ4v) is 1.57. The summed E-state index contributed by atoms with van der Waals surface area (Å²) in [6.45, 7) is 3.33. The Hall–Kier alpha value is -2.57. The first kappa shape index (κ1) is 14.8. The normalized spacial score (nSPS) is 11.0. The van der Waals surface area contributed by atoms with Crippen molar-refractivity contribution < 1.29 is 5.11 Å². The molecule has 2 aromatic rings. The summed E-state index contributed by atoms with van der Waals surface area (Å²) in [4.78, 5) is 0.